The molecule has 0 atom stereocenters. The number of ether oxygens (including phenoxy) is 2. The van der Waals surface area contributed by atoms with Crippen LogP contribution in [-0.4, -0.2) is 33.1 Å². The number of rotatable bonds is 32. The first-order valence-electron chi connectivity index (χ1n) is 30.4. The Hall–Kier alpha value is -3.38. The van der Waals surface area contributed by atoms with Gasteiger partial charge < -0.3 is 9.47 Å². The Morgan fingerprint density at radius 1 is 0.329 bits per heavy atom. The van der Waals surface area contributed by atoms with Gasteiger partial charge in [-0.15, -0.1) is 0 Å². The van der Waals surface area contributed by atoms with Crippen molar-refractivity contribution in [1.82, 2.24) is 19.9 Å². The lowest BCUT2D eigenvalue weighted by molar-refractivity contribution is 0.259. The Balaban J connectivity index is 1.08. The number of fused-ring (bicyclic) bond motifs is 8. The standard InChI is InChI=1S/C68H92I2N4O2/c1-9-11-13-15-17-19-21-23-25-27-29-31-33-35-37-75-59-45-57-58(46-60(59)76-38-36-34-32-30-28-26-24-22-20-18-16-14-12-10-2)74-66-52-42-48(68(6,7)8)40-50-62(52)61-49(39-47(67(3,4)5)41-51(61)65(66)73-57)63-64(50)72-56-44-54(70)53(69)43-55(56)71-63/h39-46H,9-38H2,1-8H3. The van der Waals surface area contributed by atoms with Gasteiger partial charge in [0.2, 0.25) is 0 Å². The second-order valence-corrected chi connectivity index (χ2v) is 27.0. The second-order valence-electron chi connectivity index (χ2n) is 24.7. The largest absolute Gasteiger partial charge is 0.490 e. The van der Waals surface area contributed by atoms with E-state index in [9.17, 15) is 0 Å². The molecule has 0 fully saturated rings. The highest BCUT2D eigenvalue weighted by molar-refractivity contribution is 14.1. The lowest BCUT2D eigenvalue weighted by Gasteiger charge is -2.25. The number of unbranched alkanes of at least 4 members (excludes halogenated alkanes) is 26. The fourth-order valence-electron chi connectivity index (χ4n) is 11.5. The zero-order chi connectivity index (χ0) is 53.7. The minimum atomic E-state index is -0.129. The maximum Gasteiger partial charge on any atom is 0.163 e. The van der Waals surface area contributed by atoms with E-state index in [2.05, 4.69) is 149 Å². The molecule has 410 valence electrons. The summed E-state index contributed by atoms with van der Waals surface area (Å²) >= 11 is 4.84. The van der Waals surface area contributed by atoms with Crippen LogP contribution in [0.2, 0.25) is 0 Å². The molecule has 0 spiro atoms. The maximum atomic E-state index is 6.74. The van der Waals surface area contributed by atoms with Crippen LogP contribution in [0.4, 0.5) is 0 Å². The van der Waals surface area contributed by atoms with E-state index in [0.717, 1.165) is 90.0 Å². The Labute approximate surface area is 484 Å². The van der Waals surface area contributed by atoms with Crippen LogP contribution in [-0.2, 0) is 10.8 Å². The topological polar surface area (TPSA) is 70.0 Å². The monoisotopic (exact) mass is 1250 g/mol. The fraction of sp³-hybridized carbons (Fsp3) is 0.588. The van der Waals surface area contributed by atoms with Crippen molar-refractivity contribution in [2.24, 2.45) is 0 Å². The van der Waals surface area contributed by atoms with E-state index in [-0.39, 0.29) is 10.8 Å². The molecule has 0 N–H and O–H groups in total. The van der Waals surface area contributed by atoms with E-state index in [1.54, 1.807) is 0 Å². The minimum absolute atomic E-state index is 0.129. The van der Waals surface area contributed by atoms with E-state index in [0.29, 0.717) is 13.2 Å². The van der Waals surface area contributed by atoms with Gasteiger partial charge in [0.15, 0.2) is 11.5 Å². The quantitative estimate of drug-likeness (QED) is 0.0181. The third-order valence-electron chi connectivity index (χ3n) is 16.2. The van der Waals surface area contributed by atoms with E-state index in [4.69, 9.17) is 29.4 Å². The predicted octanol–water partition coefficient (Wildman–Crippen LogP) is 22.3. The van der Waals surface area contributed by atoms with Crippen molar-refractivity contribution in [3.05, 3.63) is 66.8 Å². The SMILES string of the molecule is CCCCCCCCCCCCCCCCOc1cc2nc3c4cc(C(C)(C)C)cc5c6nc7cc(I)c(I)cc7nc6c6cc(C(C)(C)C)cc(c3nc2cc1OCCCCCCCCCCCCCCCC)c6c54. The van der Waals surface area contributed by atoms with Crippen LogP contribution in [0.15, 0.2) is 48.5 Å². The van der Waals surface area contributed by atoms with Crippen LogP contribution in [0.1, 0.15) is 246 Å². The van der Waals surface area contributed by atoms with Crippen LogP contribution >= 0.6 is 45.2 Å². The number of hydrogen-bond donors (Lipinski definition) is 0. The van der Waals surface area contributed by atoms with Gasteiger partial charge in [0, 0.05) is 51.6 Å². The van der Waals surface area contributed by atoms with Gasteiger partial charge >= 0.3 is 0 Å². The van der Waals surface area contributed by atoms with Gasteiger partial charge in [-0.3, -0.25) is 0 Å². The zero-order valence-electron chi connectivity index (χ0n) is 48.2. The molecule has 76 heavy (non-hydrogen) atoms. The highest BCUT2D eigenvalue weighted by Crippen LogP contribution is 2.47. The molecule has 0 radical (unpaired) electrons. The fourth-order valence-corrected chi connectivity index (χ4v) is 12.4. The van der Waals surface area contributed by atoms with E-state index >= 15 is 0 Å². The van der Waals surface area contributed by atoms with Crippen LogP contribution in [0, 0.1) is 7.14 Å². The normalized spacial score (nSPS) is 12.6. The molecule has 0 saturated carbocycles. The van der Waals surface area contributed by atoms with Gasteiger partial charge in [-0.25, -0.2) is 19.9 Å². The molecule has 6 nitrogen and oxygen atoms in total. The Kier molecular flexibility index (Phi) is 21.8. The molecule has 0 aliphatic rings. The smallest absolute Gasteiger partial charge is 0.163 e. The summed E-state index contributed by atoms with van der Waals surface area (Å²) in [5.41, 5.74) is 9.41. The summed E-state index contributed by atoms with van der Waals surface area (Å²) in [6.07, 6.45) is 37.4. The molecule has 0 aliphatic heterocycles. The summed E-state index contributed by atoms with van der Waals surface area (Å²) in [5, 5.41) is 6.82. The van der Waals surface area contributed by atoms with Crippen LogP contribution in [0.25, 0.3) is 76.5 Å². The lowest BCUT2D eigenvalue weighted by Crippen LogP contribution is -2.12. The van der Waals surface area contributed by atoms with Crippen molar-refractivity contribution in [1.29, 1.82) is 0 Å². The molecule has 0 bridgehead atoms. The van der Waals surface area contributed by atoms with Gasteiger partial charge in [0.1, 0.15) is 0 Å². The molecule has 0 unspecified atom stereocenters. The summed E-state index contributed by atoms with van der Waals surface area (Å²) < 4.78 is 15.8. The first kappa shape index (κ1) is 58.8. The first-order chi connectivity index (χ1) is 36.8. The summed E-state index contributed by atoms with van der Waals surface area (Å²) in [6, 6.07) is 18.1. The van der Waals surface area contributed by atoms with Crippen molar-refractivity contribution in [2.75, 3.05) is 13.2 Å². The highest BCUT2D eigenvalue weighted by atomic mass is 127. The van der Waals surface area contributed by atoms with E-state index in [1.807, 2.05) is 0 Å². The molecule has 2 heterocycles. The van der Waals surface area contributed by atoms with Crippen molar-refractivity contribution in [3.8, 4) is 11.5 Å². The molecular weight excluding hydrogens is 1160 g/mol. The Morgan fingerprint density at radius 2 is 0.566 bits per heavy atom. The maximum absolute atomic E-state index is 6.74. The summed E-state index contributed by atoms with van der Waals surface area (Å²) in [4.78, 5) is 22.3. The molecule has 2 aromatic heterocycles. The average molecular weight is 1250 g/mol. The zero-order valence-corrected chi connectivity index (χ0v) is 52.5. The Morgan fingerprint density at radius 3 is 0.816 bits per heavy atom. The van der Waals surface area contributed by atoms with Gasteiger partial charge in [0.05, 0.1) is 57.3 Å². The predicted molar refractivity (Wildman–Crippen MR) is 346 cm³/mol. The van der Waals surface area contributed by atoms with Crippen molar-refractivity contribution >= 4 is 122 Å². The summed E-state index contributed by atoms with van der Waals surface area (Å²) in [6.45, 7) is 19.7. The number of halogens is 2. The Bertz CT molecular complexity index is 2940. The summed E-state index contributed by atoms with van der Waals surface area (Å²) in [7, 11) is 0. The van der Waals surface area contributed by atoms with Crippen LogP contribution < -0.4 is 9.47 Å². The van der Waals surface area contributed by atoms with Gasteiger partial charge in [0.25, 0.3) is 0 Å². The molecule has 0 amide bonds. The summed E-state index contributed by atoms with van der Waals surface area (Å²) in [5.74, 6) is 1.56. The third-order valence-corrected chi connectivity index (χ3v) is 19.0. The van der Waals surface area contributed by atoms with Gasteiger partial charge in [-0.05, 0) is 116 Å². The number of nitrogens with zero attached hydrogens (tertiary/aromatic N) is 4. The lowest BCUT2D eigenvalue weighted by atomic mass is 9.80. The van der Waals surface area contributed by atoms with Crippen molar-refractivity contribution in [3.63, 3.8) is 0 Å². The van der Waals surface area contributed by atoms with E-state index < -0.39 is 0 Å². The molecule has 8 rings (SSSR count). The number of aromatic nitrogens is 4. The third kappa shape index (κ3) is 15.1. The molecule has 6 aromatic carbocycles. The minimum Gasteiger partial charge on any atom is -0.490 e. The molecule has 0 aliphatic carbocycles. The van der Waals surface area contributed by atoms with Crippen LogP contribution in [0.5, 0.6) is 11.5 Å². The molecule has 0 saturated heterocycles. The average Bonchev–Trinajstić information content (AvgIpc) is 3.50. The molecule has 8 heteroatoms. The first-order valence-corrected chi connectivity index (χ1v) is 32.6. The highest BCUT2D eigenvalue weighted by Gasteiger charge is 2.27. The van der Waals surface area contributed by atoms with Crippen LogP contribution in [0.3, 0.4) is 0 Å². The van der Waals surface area contributed by atoms with Crippen molar-refractivity contribution in [2.45, 2.75) is 246 Å². The number of benzene rings is 6. The van der Waals surface area contributed by atoms with Gasteiger partial charge in [-0.1, -0.05) is 222 Å². The van der Waals surface area contributed by atoms with Gasteiger partial charge in [-0.2, -0.15) is 0 Å². The molecular formula is C68H92I2N4O2. The van der Waals surface area contributed by atoms with Crippen molar-refractivity contribution < 1.29 is 9.47 Å². The number of hydrogen-bond acceptors (Lipinski definition) is 6. The molecule has 8 aromatic rings. The second kappa shape index (κ2) is 28.2. The van der Waals surface area contributed by atoms with E-state index in [1.165, 1.54) is 196 Å².